The summed E-state index contributed by atoms with van der Waals surface area (Å²) in [6.45, 7) is 6.18. The molecule has 0 spiro atoms. The molecule has 1 aromatic heterocycles. The van der Waals surface area contributed by atoms with Gasteiger partial charge >= 0.3 is 5.97 Å². The highest BCUT2D eigenvalue weighted by Crippen LogP contribution is 2.27. The van der Waals surface area contributed by atoms with Gasteiger partial charge in [0.15, 0.2) is 0 Å². The van der Waals surface area contributed by atoms with Gasteiger partial charge < -0.3 is 9.67 Å². The van der Waals surface area contributed by atoms with Gasteiger partial charge in [-0.25, -0.2) is 4.98 Å². The zero-order valence-corrected chi connectivity index (χ0v) is 11.7. The largest absolute Gasteiger partial charge is 0.481 e. The third kappa shape index (κ3) is 2.67. The first-order valence-corrected chi connectivity index (χ1v) is 6.20. The van der Waals surface area contributed by atoms with E-state index in [1.807, 2.05) is 11.6 Å². The van der Waals surface area contributed by atoms with Gasteiger partial charge in [0.2, 0.25) is 0 Å². The molecule has 0 atom stereocenters. The van der Waals surface area contributed by atoms with E-state index < -0.39 is 5.97 Å². The van der Waals surface area contributed by atoms with Crippen LogP contribution in [0.3, 0.4) is 0 Å². The predicted octanol–water partition coefficient (Wildman–Crippen LogP) is 2.64. The Hall–Kier alpha value is -2.10. The normalized spacial score (nSPS) is 10.7. The molecule has 4 nitrogen and oxygen atoms in total. The quantitative estimate of drug-likeness (QED) is 0.920. The van der Waals surface area contributed by atoms with Crippen LogP contribution in [0, 0.1) is 20.8 Å². The molecular weight excluding hydrogens is 240 g/mol. The highest BCUT2D eigenvalue weighted by molar-refractivity contribution is 5.71. The van der Waals surface area contributed by atoms with Crippen LogP contribution in [0.1, 0.15) is 22.4 Å². The summed E-state index contributed by atoms with van der Waals surface area (Å²) in [4.78, 5) is 15.2. The average molecular weight is 258 g/mol. The summed E-state index contributed by atoms with van der Waals surface area (Å²) in [5, 5.41) is 8.83. The molecule has 0 fully saturated rings. The zero-order valence-electron chi connectivity index (χ0n) is 11.7. The first kappa shape index (κ1) is 13.3. The molecule has 0 saturated carbocycles. The maximum absolute atomic E-state index is 10.8. The van der Waals surface area contributed by atoms with E-state index in [2.05, 4.69) is 37.9 Å². The lowest BCUT2D eigenvalue weighted by molar-refractivity contribution is -0.136. The van der Waals surface area contributed by atoms with Crippen molar-refractivity contribution in [3.05, 3.63) is 40.7 Å². The van der Waals surface area contributed by atoms with Crippen molar-refractivity contribution in [2.75, 3.05) is 0 Å². The molecule has 1 N–H and O–H groups in total. The standard InChI is InChI=1S/C15H18N2O2/c1-9-5-10(2)14(11(3)6-9)15-16-12(7-13(18)19)8-17(15)4/h5-6,8H,7H2,1-4H3,(H,18,19). The van der Waals surface area contributed by atoms with Crippen LogP contribution in [0.2, 0.25) is 0 Å². The number of carboxylic acids is 1. The lowest BCUT2D eigenvalue weighted by Crippen LogP contribution is -2.00. The summed E-state index contributed by atoms with van der Waals surface area (Å²) in [6.07, 6.45) is 1.74. The minimum absolute atomic E-state index is 0.0439. The van der Waals surface area contributed by atoms with Crippen LogP contribution in [0.4, 0.5) is 0 Å². The van der Waals surface area contributed by atoms with Crippen molar-refractivity contribution < 1.29 is 9.90 Å². The van der Waals surface area contributed by atoms with Crippen molar-refractivity contribution in [2.45, 2.75) is 27.2 Å². The predicted molar refractivity (Wildman–Crippen MR) is 74.2 cm³/mol. The van der Waals surface area contributed by atoms with E-state index >= 15 is 0 Å². The monoisotopic (exact) mass is 258 g/mol. The van der Waals surface area contributed by atoms with Gasteiger partial charge in [0, 0.05) is 18.8 Å². The summed E-state index contributed by atoms with van der Waals surface area (Å²) < 4.78 is 1.89. The molecule has 2 aromatic rings. The number of hydrogen-bond donors (Lipinski definition) is 1. The SMILES string of the molecule is Cc1cc(C)c(-c2nc(CC(=O)O)cn2C)c(C)c1. The number of nitrogens with zero attached hydrogens (tertiary/aromatic N) is 2. The van der Waals surface area contributed by atoms with Crippen LogP contribution >= 0.6 is 0 Å². The van der Waals surface area contributed by atoms with E-state index in [0.29, 0.717) is 5.69 Å². The molecule has 0 aliphatic rings. The number of hydrogen-bond acceptors (Lipinski definition) is 2. The van der Waals surface area contributed by atoms with Crippen LogP contribution in [-0.4, -0.2) is 20.6 Å². The fourth-order valence-corrected chi connectivity index (χ4v) is 2.53. The van der Waals surface area contributed by atoms with Gasteiger partial charge in [-0.3, -0.25) is 4.79 Å². The van der Waals surface area contributed by atoms with Crippen LogP contribution in [-0.2, 0) is 18.3 Å². The van der Waals surface area contributed by atoms with E-state index in [-0.39, 0.29) is 6.42 Å². The Morgan fingerprint density at radius 3 is 2.37 bits per heavy atom. The molecule has 0 unspecified atom stereocenters. The Kier molecular flexibility index (Phi) is 3.42. The Morgan fingerprint density at radius 2 is 1.84 bits per heavy atom. The van der Waals surface area contributed by atoms with Crippen molar-refractivity contribution in [1.29, 1.82) is 0 Å². The molecule has 0 aliphatic heterocycles. The Morgan fingerprint density at radius 1 is 1.26 bits per heavy atom. The molecule has 0 amide bonds. The van der Waals surface area contributed by atoms with Gasteiger partial charge in [-0.15, -0.1) is 0 Å². The molecule has 0 saturated heterocycles. The third-order valence-corrected chi connectivity index (χ3v) is 3.16. The summed E-state index contributed by atoms with van der Waals surface area (Å²) >= 11 is 0. The summed E-state index contributed by atoms with van der Waals surface area (Å²) in [5.41, 5.74) is 5.22. The molecule has 1 aromatic carbocycles. The smallest absolute Gasteiger partial charge is 0.309 e. The molecule has 100 valence electrons. The second kappa shape index (κ2) is 4.88. The van der Waals surface area contributed by atoms with Crippen LogP contribution in [0.15, 0.2) is 18.3 Å². The lowest BCUT2D eigenvalue weighted by atomic mass is 9.99. The number of imidazole rings is 1. The lowest BCUT2D eigenvalue weighted by Gasteiger charge is -2.10. The van der Waals surface area contributed by atoms with Crippen LogP contribution in [0.25, 0.3) is 11.4 Å². The number of aliphatic carboxylic acids is 1. The highest BCUT2D eigenvalue weighted by Gasteiger charge is 2.14. The number of aryl methyl sites for hydroxylation is 4. The molecule has 0 aliphatic carbocycles. The fourth-order valence-electron chi connectivity index (χ4n) is 2.53. The molecule has 19 heavy (non-hydrogen) atoms. The summed E-state index contributed by atoms with van der Waals surface area (Å²) in [7, 11) is 1.90. The minimum Gasteiger partial charge on any atom is -0.481 e. The Labute approximate surface area is 112 Å². The number of benzene rings is 1. The minimum atomic E-state index is -0.859. The first-order valence-electron chi connectivity index (χ1n) is 6.20. The maximum atomic E-state index is 10.8. The third-order valence-electron chi connectivity index (χ3n) is 3.16. The van der Waals surface area contributed by atoms with E-state index in [1.165, 1.54) is 5.56 Å². The fraction of sp³-hybridized carbons (Fsp3) is 0.333. The highest BCUT2D eigenvalue weighted by atomic mass is 16.4. The van der Waals surface area contributed by atoms with E-state index in [9.17, 15) is 4.79 Å². The second-order valence-electron chi connectivity index (χ2n) is 5.01. The van der Waals surface area contributed by atoms with Gasteiger partial charge in [-0.05, 0) is 31.9 Å². The zero-order chi connectivity index (χ0) is 14.2. The van der Waals surface area contributed by atoms with E-state index in [1.54, 1.807) is 6.20 Å². The Balaban J connectivity index is 2.53. The van der Waals surface area contributed by atoms with Crippen LogP contribution in [0.5, 0.6) is 0 Å². The molecule has 2 rings (SSSR count). The van der Waals surface area contributed by atoms with Gasteiger partial charge in [0.25, 0.3) is 0 Å². The van der Waals surface area contributed by atoms with Gasteiger partial charge in [0.05, 0.1) is 12.1 Å². The van der Waals surface area contributed by atoms with Gasteiger partial charge in [-0.1, -0.05) is 17.7 Å². The maximum Gasteiger partial charge on any atom is 0.309 e. The van der Waals surface area contributed by atoms with E-state index in [4.69, 9.17) is 5.11 Å². The molecular formula is C15H18N2O2. The number of carbonyl (C=O) groups is 1. The van der Waals surface area contributed by atoms with Crippen LogP contribution < -0.4 is 0 Å². The van der Waals surface area contributed by atoms with Crippen molar-refractivity contribution in [1.82, 2.24) is 9.55 Å². The van der Waals surface area contributed by atoms with Gasteiger partial charge in [0.1, 0.15) is 5.82 Å². The topological polar surface area (TPSA) is 55.1 Å². The van der Waals surface area contributed by atoms with Crippen molar-refractivity contribution in [2.24, 2.45) is 7.05 Å². The molecule has 4 heteroatoms. The van der Waals surface area contributed by atoms with Crippen molar-refractivity contribution in [3.63, 3.8) is 0 Å². The molecule has 0 radical (unpaired) electrons. The second-order valence-corrected chi connectivity index (χ2v) is 5.01. The number of rotatable bonds is 3. The summed E-state index contributed by atoms with van der Waals surface area (Å²) in [6, 6.07) is 4.24. The number of aromatic nitrogens is 2. The van der Waals surface area contributed by atoms with E-state index in [0.717, 1.165) is 22.5 Å². The van der Waals surface area contributed by atoms with Gasteiger partial charge in [-0.2, -0.15) is 0 Å². The first-order chi connectivity index (χ1) is 8.88. The number of carboxylic acid groups (broad SMARTS) is 1. The molecule has 1 heterocycles. The average Bonchev–Trinajstić information content (AvgIpc) is 2.57. The molecule has 0 bridgehead atoms. The van der Waals surface area contributed by atoms with Crippen molar-refractivity contribution >= 4 is 5.97 Å². The summed E-state index contributed by atoms with van der Waals surface area (Å²) in [5.74, 6) is -0.0340. The van der Waals surface area contributed by atoms with Crippen molar-refractivity contribution in [3.8, 4) is 11.4 Å². The Bertz CT molecular complexity index is 619.